The number of amides is 1. The zero-order valence-corrected chi connectivity index (χ0v) is 11.4. The van der Waals surface area contributed by atoms with Crippen molar-refractivity contribution in [3.8, 4) is 0 Å². The molecule has 3 rings (SSSR count). The van der Waals surface area contributed by atoms with Crippen molar-refractivity contribution >= 4 is 21.8 Å². The maximum Gasteiger partial charge on any atom is 0.257 e. The first kappa shape index (κ1) is 12.1. The van der Waals surface area contributed by atoms with Gasteiger partial charge in [-0.1, -0.05) is 15.9 Å². The Hall–Kier alpha value is -0.940. The number of hydrogen-bond acceptors (Lipinski definition) is 2. The van der Waals surface area contributed by atoms with Crippen LogP contribution in [0.4, 0.5) is 4.39 Å². The molecule has 3 nitrogen and oxygen atoms in total. The molecule has 1 aromatic carbocycles. The van der Waals surface area contributed by atoms with Crippen molar-refractivity contribution in [3.63, 3.8) is 0 Å². The van der Waals surface area contributed by atoms with E-state index in [1.54, 1.807) is 12.1 Å². The fraction of sp³-hybridized carbons (Fsp3) is 0.462. The smallest absolute Gasteiger partial charge is 0.257 e. The quantitative estimate of drug-likeness (QED) is 0.860. The third-order valence-corrected chi connectivity index (χ3v) is 4.36. The minimum Gasteiger partial charge on any atom is -0.334 e. The fourth-order valence-electron chi connectivity index (χ4n) is 2.92. The number of likely N-dealkylation sites (tertiary alicyclic amines) is 1. The lowest BCUT2D eigenvalue weighted by atomic mass is 10.0. The maximum atomic E-state index is 13.7. The van der Waals surface area contributed by atoms with Gasteiger partial charge < -0.3 is 10.2 Å². The maximum absolute atomic E-state index is 13.7. The Morgan fingerprint density at radius 1 is 1.44 bits per heavy atom. The molecule has 2 aliphatic heterocycles. The lowest BCUT2D eigenvalue weighted by Gasteiger charge is -2.23. The Balaban J connectivity index is 1.88. The number of carbonyl (C=O) groups excluding carboxylic acids is 1. The Morgan fingerprint density at radius 2 is 2.28 bits per heavy atom. The molecule has 0 saturated carbocycles. The summed E-state index contributed by atoms with van der Waals surface area (Å²) in [4.78, 5) is 14.2. The van der Waals surface area contributed by atoms with Crippen LogP contribution in [0.5, 0.6) is 0 Å². The monoisotopic (exact) mass is 312 g/mol. The topological polar surface area (TPSA) is 32.3 Å². The summed E-state index contributed by atoms with van der Waals surface area (Å²) in [5.41, 5.74) is 0.164. The molecule has 1 amide bonds. The van der Waals surface area contributed by atoms with Gasteiger partial charge in [0.05, 0.1) is 5.56 Å². The number of halogens is 2. The molecule has 0 aliphatic carbocycles. The number of carbonyl (C=O) groups is 1. The molecule has 2 saturated heterocycles. The second-order valence-corrected chi connectivity index (χ2v) is 5.81. The minimum absolute atomic E-state index is 0.164. The first-order valence-electron chi connectivity index (χ1n) is 6.13. The third-order valence-electron chi connectivity index (χ3n) is 3.86. The van der Waals surface area contributed by atoms with E-state index in [2.05, 4.69) is 21.2 Å². The van der Waals surface area contributed by atoms with Gasteiger partial charge in [0.25, 0.3) is 5.91 Å². The third kappa shape index (κ3) is 1.95. The molecule has 0 spiro atoms. The highest BCUT2D eigenvalue weighted by atomic mass is 79.9. The molecule has 2 atom stereocenters. The highest BCUT2D eigenvalue weighted by molar-refractivity contribution is 9.10. The number of hydrogen-bond donors (Lipinski definition) is 1. The Labute approximate surface area is 113 Å². The molecule has 5 heteroatoms. The van der Waals surface area contributed by atoms with Crippen molar-refractivity contribution < 1.29 is 9.18 Å². The molecule has 0 radical (unpaired) electrons. The van der Waals surface area contributed by atoms with E-state index < -0.39 is 5.82 Å². The summed E-state index contributed by atoms with van der Waals surface area (Å²) in [7, 11) is 0. The van der Waals surface area contributed by atoms with Gasteiger partial charge in [-0.25, -0.2) is 4.39 Å². The van der Waals surface area contributed by atoms with Crippen molar-refractivity contribution in [2.45, 2.75) is 12.5 Å². The highest BCUT2D eigenvalue weighted by Gasteiger charge is 2.40. The van der Waals surface area contributed by atoms with Gasteiger partial charge in [0.15, 0.2) is 0 Å². The van der Waals surface area contributed by atoms with Crippen LogP contribution in [0.3, 0.4) is 0 Å². The molecule has 1 aromatic rings. The van der Waals surface area contributed by atoms with Crippen molar-refractivity contribution in [3.05, 3.63) is 34.1 Å². The minimum atomic E-state index is -0.447. The van der Waals surface area contributed by atoms with Gasteiger partial charge in [-0.05, 0) is 30.5 Å². The van der Waals surface area contributed by atoms with Gasteiger partial charge >= 0.3 is 0 Å². The van der Waals surface area contributed by atoms with Gasteiger partial charge in [-0.2, -0.15) is 0 Å². The summed E-state index contributed by atoms with van der Waals surface area (Å²) < 4.78 is 14.5. The van der Waals surface area contributed by atoms with Gasteiger partial charge in [0.1, 0.15) is 5.82 Å². The van der Waals surface area contributed by atoms with Crippen molar-refractivity contribution in [1.29, 1.82) is 0 Å². The van der Waals surface area contributed by atoms with Gasteiger partial charge in [-0.15, -0.1) is 0 Å². The van der Waals surface area contributed by atoms with Crippen LogP contribution in [-0.2, 0) is 0 Å². The molecule has 0 bridgehead atoms. The Kier molecular flexibility index (Phi) is 3.11. The first-order valence-corrected chi connectivity index (χ1v) is 6.93. The van der Waals surface area contributed by atoms with E-state index in [1.165, 1.54) is 6.07 Å². The first-order chi connectivity index (χ1) is 8.66. The molecule has 1 N–H and O–H groups in total. The van der Waals surface area contributed by atoms with E-state index in [0.29, 0.717) is 5.92 Å². The highest BCUT2D eigenvalue weighted by Crippen LogP contribution is 2.29. The largest absolute Gasteiger partial charge is 0.334 e. The van der Waals surface area contributed by atoms with Crippen LogP contribution in [0, 0.1) is 11.7 Å². The molecule has 2 fully saturated rings. The standard InChI is InChI=1S/C13H14BrFN2O/c14-9-1-2-11(15)10(5-9)13(18)17-4-3-8-6-16-7-12(8)17/h1-2,5,8,12,16H,3-4,6-7H2/t8-,12+/m0/s1. The lowest BCUT2D eigenvalue weighted by molar-refractivity contribution is 0.0732. The Bertz CT molecular complexity index is 494. The predicted octanol–water partition coefficient (Wildman–Crippen LogP) is 2.02. The predicted molar refractivity (Wildman–Crippen MR) is 69.9 cm³/mol. The molecule has 0 aromatic heterocycles. The van der Waals surface area contributed by atoms with Crippen LogP contribution in [0.2, 0.25) is 0 Å². The van der Waals surface area contributed by atoms with E-state index in [4.69, 9.17) is 0 Å². The fourth-order valence-corrected chi connectivity index (χ4v) is 3.28. The van der Waals surface area contributed by atoms with Crippen LogP contribution >= 0.6 is 15.9 Å². The van der Waals surface area contributed by atoms with Crippen LogP contribution in [0.15, 0.2) is 22.7 Å². The molecule has 18 heavy (non-hydrogen) atoms. The van der Waals surface area contributed by atoms with Crippen molar-refractivity contribution in [1.82, 2.24) is 10.2 Å². The van der Waals surface area contributed by atoms with E-state index in [9.17, 15) is 9.18 Å². The van der Waals surface area contributed by atoms with E-state index in [-0.39, 0.29) is 17.5 Å². The average molecular weight is 313 g/mol. The molecular weight excluding hydrogens is 299 g/mol. The number of nitrogens with one attached hydrogen (secondary N) is 1. The van der Waals surface area contributed by atoms with Crippen molar-refractivity contribution in [2.75, 3.05) is 19.6 Å². The normalized spacial score (nSPS) is 26.4. The summed E-state index contributed by atoms with van der Waals surface area (Å²) in [6.07, 6.45) is 1.01. The van der Waals surface area contributed by atoms with Crippen LogP contribution < -0.4 is 5.32 Å². The summed E-state index contributed by atoms with van der Waals surface area (Å²) in [5.74, 6) is -0.105. The zero-order chi connectivity index (χ0) is 12.7. The molecule has 2 heterocycles. The summed E-state index contributed by atoms with van der Waals surface area (Å²) >= 11 is 3.28. The van der Waals surface area contributed by atoms with Gasteiger partial charge in [-0.3, -0.25) is 4.79 Å². The summed E-state index contributed by atoms with van der Waals surface area (Å²) in [6.45, 7) is 2.53. The van der Waals surface area contributed by atoms with E-state index in [0.717, 1.165) is 30.5 Å². The lowest BCUT2D eigenvalue weighted by Crippen LogP contribution is -2.39. The summed E-state index contributed by atoms with van der Waals surface area (Å²) in [6, 6.07) is 4.73. The Morgan fingerprint density at radius 3 is 3.11 bits per heavy atom. The van der Waals surface area contributed by atoms with Crippen molar-refractivity contribution in [2.24, 2.45) is 5.92 Å². The second-order valence-electron chi connectivity index (χ2n) is 4.90. The number of benzene rings is 1. The van der Waals surface area contributed by atoms with E-state index >= 15 is 0 Å². The van der Waals surface area contributed by atoms with Crippen LogP contribution in [-0.4, -0.2) is 36.5 Å². The molecule has 2 aliphatic rings. The van der Waals surface area contributed by atoms with Gasteiger partial charge in [0, 0.05) is 30.1 Å². The van der Waals surface area contributed by atoms with Gasteiger partial charge in [0.2, 0.25) is 0 Å². The average Bonchev–Trinajstić information content (AvgIpc) is 2.93. The SMILES string of the molecule is O=C(c1cc(Br)ccc1F)N1CC[C@H]2CNC[C@H]21. The van der Waals surface area contributed by atoms with Crippen LogP contribution in [0.25, 0.3) is 0 Å². The van der Waals surface area contributed by atoms with Crippen LogP contribution in [0.1, 0.15) is 16.8 Å². The molecule has 0 unspecified atom stereocenters. The number of rotatable bonds is 1. The number of nitrogens with zero attached hydrogens (tertiary/aromatic N) is 1. The number of fused-ring (bicyclic) bond motifs is 1. The molecule has 96 valence electrons. The zero-order valence-electron chi connectivity index (χ0n) is 9.83. The van der Waals surface area contributed by atoms with E-state index in [1.807, 2.05) is 4.90 Å². The summed E-state index contributed by atoms with van der Waals surface area (Å²) in [5, 5.41) is 3.29. The second kappa shape index (κ2) is 4.63. The molecular formula is C13H14BrFN2O.